The topological polar surface area (TPSA) is 83.1 Å². The third kappa shape index (κ3) is 4.06. The smallest absolute Gasteiger partial charge is 0.340 e. The fraction of sp³-hybridized carbons (Fsp3) is 0.0588. The van der Waals surface area contributed by atoms with Gasteiger partial charge < -0.3 is 24.3 Å². The van der Waals surface area contributed by atoms with E-state index in [-0.39, 0.29) is 5.91 Å². The Bertz CT molecular complexity index is 1730. The van der Waals surface area contributed by atoms with Crippen molar-refractivity contribution in [3.8, 4) is 34.5 Å². The number of carbonyl (C=O) groups is 2. The van der Waals surface area contributed by atoms with Gasteiger partial charge in [0.25, 0.3) is 5.91 Å². The number of hydrogen-bond donors (Lipinski definition) is 1. The highest BCUT2D eigenvalue weighted by Gasteiger charge is 2.53. The minimum absolute atomic E-state index is 0.292. The van der Waals surface area contributed by atoms with Crippen LogP contribution in [0, 0.1) is 0 Å². The number of benzene rings is 5. The molecule has 0 aliphatic carbocycles. The number of rotatable bonds is 5. The minimum Gasteiger partial charge on any atom is -0.457 e. The van der Waals surface area contributed by atoms with Crippen molar-refractivity contribution in [2.45, 2.75) is 5.60 Å². The van der Waals surface area contributed by atoms with Crippen molar-refractivity contribution >= 4 is 11.9 Å². The summed E-state index contributed by atoms with van der Waals surface area (Å²) in [5.41, 5.74) is 1.29. The summed E-state index contributed by atoms with van der Waals surface area (Å²) in [5, 5.41) is 2.60. The van der Waals surface area contributed by atoms with E-state index in [4.69, 9.17) is 18.9 Å². The molecule has 0 radical (unpaired) electrons. The molecule has 41 heavy (non-hydrogen) atoms. The number of esters is 1. The SMILES string of the molecule is CNC(=O)c1ccc2c(c1)C(=O)OC21c2ccc(Oc3ccccc3)cc2Oc2cc(Oc3ccccc3)ccc21. The zero-order chi connectivity index (χ0) is 28.0. The largest absolute Gasteiger partial charge is 0.457 e. The molecule has 2 aliphatic heterocycles. The molecular formula is C34H23NO6. The third-order valence-corrected chi connectivity index (χ3v) is 7.20. The van der Waals surface area contributed by atoms with Crippen LogP contribution in [0.25, 0.3) is 0 Å². The van der Waals surface area contributed by atoms with Gasteiger partial charge in [-0.05, 0) is 60.7 Å². The molecule has 0 bridgehead atoms. The second-order valence-electron chi connectivity index (χ2n) is 9.66. The van der Waals surface area contributed by atoms with Crippen LogP contribution in [0.1, 0.15) is 37.4 Å². The van der Waals surface area contributed by atoms with Gasteiger partial charge in [0, 0.05) is 41.4 Å². The van der Waals surface area contributed by atoms with Crippen LogP contribution in [0.2, 0.25) is 0 Å². The second kappa shape index (κ2) is 9.57. The van der Waals surface area contributed by atoms with E-state index < -0.39 is 11.6 Å². The Morgan fingerprint density at radius 3 is 1.73 bits per heavy atom. The van der Waals surface area contributed by atoms with Crippen LogP contribution in [0.4, 0.5) is 0 Å². The predicted octanol–water partition coefficient (Wildman–Crippen LogP) is 7.20. The number of hydrogen-bond acceptors (Lipinski definition) is 6. The summed E-state index contributed by atoms with van der Waals surface area (Å²) in [5.74, 6) is 2.60. The van der Waals surface area contributed by atoms with Crippen molar-refractivity contribution in [1.29, 1.82) is 0 Å². The number of amides is 1. The monoisotopic (exact) mass is 541 g/mol. The molecule has 5 aromatic carbocycles. The lowest BCUT2D eigenvalue weighted by Crippen LogP contribution is -2.33. The first-order valence-electron chi connectivity index (χ1n) is 13.1. The van der Waals surface area contributed by atoms with Crippen molar-refractivity contribution in [2.24, 2.45) is 0 Å². The molecule has 2 heterocycles. The van der Waals surface area contributed by atoms with Crippen LogP contribution in [0.3, 0.4) is 0 Å². The van der Waals surface area contributed by atoms with Crippen molar-refractivity contribution in [1.82, 2.24) is 5.32 Å². The van der Waals surface area contributed by atoms with Crippen molar-refractivity contribution in [3.05, 3.63) is 143 Å². The van der Waals surface area contributed by atoms with Crippen LogP contribution in [-0.2, 0) is 10.3 Å². The van der Waals surface area contributed by atoms with Gasteiger partial charge in [0.15, 0.2) is 5.60 Å². The molecule has 2 aliphatic rings. The fourth-order valence-corrected chi connectivity index (χ4v) is 5.35. The Hall–Kier alpha value is -5.56. The molecule has 0 saturated heterocycles. The van der Waals surface area contributed by atoms with E-state index in [0.29, 0.717) is 62.3 Å². The average molecular weight is 542 g/mol. The van der Waals surface area contributed by atoms with E-state index in [1.54, 1.807) is 37.4 Å². The Kier molecular flexibility index (Phi) is 5.71. The maximum absolute atomic E-state index is 13.4. The Balaban J connectivity index is 1.38. The van der Waals surface area contributed by atoms with Crippen LogP contribution in [-0.4, -0.2) is 18.9 Å². The minimum atomic E-state index is -1.30. The number of carbonyl (C=O) groups excluding carboxylic acids is 2. The highest BCUT2D eigenvalue weighted by atomic mass is 16.6. The van der Waals surface area contributed by atoms with Crippen LogP contribution in [0.5, 0.6) is 34.5 Å². The van der Waals surface area contributed by atoms with E-state index >= 15 is 0 Å². The van der Waals surface area contributed by atoms with Crippen molar-refractivity contribution < 1.29 is 28.5 Å². The van der Waals surface area contributed by atoms with Crippen molar-refractivity contribution in [3.63, 3.8) is 0 Å². The number of para-hydroxylation sites is 2. The summed E-state index contributed by atoms with van der Waals surface area (Å²) >= 11 is 0. The Morgan fingerprint density at radius 2 is 1.20 bits per heavy atom. The standard InChI is InChI=1S/C34H23NO6/c1-35-32(36)21-12-15-27-26(18-21)33(37)41-34(27)28-16-13-24(38-22-8-4-2-5-9-22)19-30(28)40-31-20-25(14-17-29(31)34)39-23-10-6-3-7-11-23/h2-20H,1H3,(H,35,36). The third-order valence-electron chi connectivity index (χ3n) is 7.20. The Morgan fingerprint density at radius 1 is 0.659 bits per heavy atom. The van der Waals surface area contributed by atoms with E-state index in [1.165, 1.54) is 0 Å². The molecule has 1 N–H and O–H groups in total. The lowest BCUT2D eigenvalue weighted by molar-refractivity contribution is 0.0224. The molecule has 0 atom stereocenters. The van der Waals surface area contributed by atoms with Crippen molar-refractivity contribution in [2.75, 3.05) is 7.05 Å². The van der Waals surface area contributed by atoms with Crippen LogP contribution < -0.4 is 19.5 Å². The normalized spacial score (nSPS) is 13.7. The number of ether oxygens (including phenoxy) is 4. The summed E-state index contributed by atoms with van der Waals surface area (Å²) < 4.78 is 24.8. The van der Waals surface area contributed by atoms with E-state index in [9.17, 15) is 9.59 Å². The Labute approximate surface area is 235 Å². The molecule has 7 heteroatoms. The molecule has 0 fully saturated rings. The molecule has 200 valence electrons. The summed E-state index contributed by atoms with van der Waals surface area (Å²) in [6.45, 7) is 0. The first-order chi connectivity index (χ1) is 20.0. The molecule has 0 aromatic heterocycles. The zero-order valence-electron chi connectivity index (χ0n) is 21.9. The van der Waals surface area contributed by atoms with Gasteiger partial charge in [-0.2, -0.15) is 0 Å². The van der Waals surface area contributed by atoms with Crippen LogP contribution in [0.15, 0.2) is 115 Å². The van der Waals surface area contributed by atoms with Gasteiger partial charge in [-0.25, -0.2) is 4.79 Å². The lowest BCUT2D eigenvalue weighted by Gasteiger charge is -2.36. The van der Waals surface area contributed by atoms with Gasteiger partial charge in [-0.15, -0.1) is 0 Å². The van der Waals surface area contributed by atoms with Gasteiger partial charge in [0.05, 0.1) is 5.56 Å². The van der Waals surface area contributed by atoms with Gasteiger partial charge in [0.2, 0.25) is 0 Å². The van der Waals surface area contributed by atoms with E-state index in [2.05, 4.69) is 5.32 Å². The summed E-state index contributed by atoms with van der Waals surface area (Å²) in [4.78, 5) is 25.7. The van der Waals surface area contributed by atoms with E-state index in [1.807, 2.05) is 84.9 Å². The average Bonchev–Trinajstić information content (AvgIpc) is 3.29. The van der Waals surface area contributed by atoms with Crippen LogP contribution >= 0.6 is 0 Å². The maximum Gasteiger partial charge on any atom is 0.340 e. The summed E-state index contributed by atoms with van der Waals surface area (Å²) in [6, 6.07) is 34.8. The first kappa shape index (κ1) is 24.5. The molecule has 5 aromatic rings. The number of fused-ring (bicyclic) bond motifs is 6. The fourth-order valence-electron chi connectivity index (χ4n) is 5.35. The van der Waals surface area contributed by atoms with Gasteiger partial charge >= 0.3 is 5.97 Å². The summed E-state index contributed by atoms with van der Waals surface area (Å²) in [7, 11) is 1.55. The molecule has 1 spiro atoms. The second-order valence-corrected chi connectivity index (χ2v) is 9.66. The molecule has 0 saturated carbocycles. The molecule has 7 nitrogen and oxygen atoms in total. The van der Waals surface area contributed by atoms with Gasteiger partial charge in [-0.3, -0.25) is 4.79 Å². The maximum atomic E-state index is 13.4. The molecule has 7 rings (SSSR count). The van der Waals surface area contributed by atoms with Gasteiger partial charge in [0.1, 0.15) is 34.5 Å². The molecule has 1 amide bonds. The zero-order valence-corrected chi connectivity index (χ0v) is 21.9. The highest BCUT2D eigenvalue weighted by Crippen LogP contribution is 2.57. The van der Waals surface area contributed by atoms with E-state index in [0.717, 1.165) is 0 Å². The van der Waals surface area contributed by atoms with Gasteiger partial charge in [-0.1, -0.05) is 42.5 Å². The molecule has 0 unspecified atom stereocenters. The molecular weight excluding hydrogens is 518 g/mol. The summed E-state index contributed by atoms with van der Waals surface area (Å²) in [6.07, 6.45) is 0. The quantitative estimate of drug-likeness (QED) is 0.237. The highest BCUT2D eigenvalue weighted by molar-refractivity contribution is 6.01. The first-order valence-corrected chi connectivity index (χ1v) is 13.1. The lowest BCUT2D eigenvalue weighted by atomic mass is 9.77. The predicted molar refractivity (Wildman–Crippen MR) is 151 cm³/mol. The number of nitrogens with one attached hydrogen (secondary N) is 1.